The number of piperazine rings is 1. The van der Waals surface area contributed by atoms with Crippen molar-refractivity contribution in [2.45, 2.75) is 71.6 Å². The van der Waals surface area contributed by atoms with E-state index in [1.54, 1.807) is 0 Å². The zero-order valence-corrected chi connectivity index (χ0v) is 13.9. The number of hydrogen-bond acceptors (Lipinski definition) is 3. The molecule has 0 aromatic carbocycles. The van der Waals surface area contributed by atoms with Crippen molar-refractivity contribution in [1.29, 1.82) is 0 Å². The van der Waals surface area contributed by atoms with Gasteiger partial charge in [0.25, 0.3) is 0 Å². The van der Waals surface area contributed by atoms with Crippen LogP contribution in [0, 0.1) is 11.8 Å². The Hall–Kier alpha value is -0.120. The van der Waals surface area contributed by atoms with E-state index >= 15 is 0 Å². The van der Waals surface area contributed by atoms with E-state index in [9.17, 15) is 5.11 Å². The molecule has 1 N–H and O–H groups in total. The molecule has 0 spiro atoms. The maximum absolute atomic E-state index is 10.4. The molecule has 4 unspecified atom stereocenters. The monoisotopic (exact) mass is 282 g/mol. The van der Waals surface area contributed by atoms with Crippen LogP contribution in [0.3, 0.4) is 0 Å². The SMILES string of the molecule is CCC(C)N1CCN(C2CC(C(C)C)CCC2O)CC1. The van der Waals surface area contributed by atoms with Crippen molar-refractivity contribution < 1.29 is 5.11 Å². The largest absolute Gasteiger partial charge is 0.391 e. The summed E-state index contributed by atoms with van der Waals surface area (Å²) >= 11 is 0. The number of aliphatic hydroxyl groups excluding tert-OH is 1. The van der Waals surface area contributed by atoms with Crippen LogP contribution in [0.1, 0.15) is 53.4 Å². The first-order chi connectivity index (χ1) is 9.52. The Kier molecular flexibility index (Phi) is 5.88. The van der Waals surface area contributed by atoms with Gasteiger partial charge >= 0.3 is 0 Å². The average Bonchev–Trinajstić information content (AvgIpc) is 2.47. The first-order valence-electron chi connectivity index (χ1n) is 8.69. The number of nitrogens with zero attached hydrogens (tertiary/aromatic N) is 2. The van der Waals surface area contributed by atoms with E-state index in [0.717, 1.165) is 31.3 Å². The predicted molar refractivity (Wildman–Crippen MR) is 84.9 cm³/mol. The Morgan fingerprint density at radius 3 is 2.25 bits per heavy atom. The molecule has 0 amide bonds. The van der Waals surface area contributed by atoms with E-state index in [4.69, 9.17) is 0 Å². The highest BCUT2D eigenvalue weighted by Gasteiger charge is 2.35. The van der Waals surface area contributed by atoms with Crippen LogP contribution in [-0.4, -0.2) is 59.3 Å². The highest BCUT2D eigenvalue weighted by atomic mass is 16.3. The average molecular weight is 282 g/mol. The number of aliphatic hydroxyl groups is 1. The topological polar surface area (TPSA) is 26.7 Å². The van der Waals surface area contributed by atoms with Gasteiger partial charge in [0.1, 0.15) is 0 Å². The van der Waals surface area contributed by atoms with E-state index in [1.165, 1.54) is 32.4 Å². The fourth-order valence-electron chi connectivity index (χ4n) is 3.93. The molecule has 1 saturated carbocycles. The normalized spacial score (nSPS) is 35.4. The zero-order chi connectivity index (χ0) is 14.7. The van der Waals surface area contributed by atoms with Gasteiger partial charge in [0, 0.05) is 38.3 Å². The molecule has 0 aromatic rings. The van der Waals surface area contributed by atoms with Crippen molar-refractivity contribution in [2.24, 2.45) is 11.8 Å². The van der Waals surface area contributed by atoms with Crippen LogP contribution in [0.2, 0.25) is 0 Å². The third-order valence-corrected chi connectivity index (χ3v) is 5.80. The lowest BCUT2D eigenvalue weighted by molar-refractivity contribution is -0.0276. The number of hydrogen-bond donors (Lipinski definition) is 1. The van der Waals surface area contributed by atoms with Gasteiger partial charge in [0.15, 0.2) is 0 Å². The molecule has 2 aliphatic rings. The molecule has 3 nitrogen and oxygen atoms in total. The second kappa shape index (κ2) is 7.24. The van der Waals surface area contributed by atoms with E-state index in [0.29, 0.717) is 12.1 Å². The lowest BCUT2D eigenvalue weighted by atomic mass is 9.77. The molecule has 1 aliphatic carbocycles. The van der Waals surface area contributed by atoms with E-state index in [1.807, 2.05) is 0 Å². The Labute approximate surface area is 125 Å². The molecule has 0 bridgehead atoms. The molecule has 3 heteroatoms. The molecule has 1 saturated heterocycles. The molecule has 1 heterocycles. The summed E-state index contributed by atoms with van der Waals surface area (Å²) in [5.41, 5.74) is 0. The minimum atomic E-state index is -0.0971. The van der Waals surface area contributed by atoms with Gasteiger partial charge in [-0.05, 0) is 44.4 Å². The summed E-state index contributed by atoms with van der Waals surface area (Å²) in [6.45, 7) is 13.9. The predicted octanol–water partition coefficient (Wildman–Crippen LogP) is 2.59. The van der Waals surface area contributed by atoms with Crippen LogP contribution in [0.4, 0.5) is 0 Å². The second-order valence-electron chi connectivity index (χ2n) is 7.28. The molecule has 1 aliphatic heterocycles. The first kappa shape index (κ1) is 16.3. The quantitative estimate of drug-likeness (QED) is 0.858. The molecule has 0 aromatic heterocycles. The lowest BCUT2D eigenvalue weighted by Gasteiger charge is -2.46. The molecule has 2 rings (SSSR count). The summed E-state index contributed by atoms with van der Waals surface area (Å²) < 4.78 is 0. The summed E-state index contributed by atoms with van der Waals surface area (Å²) in [5.74, 6) is 1.56. The molecule has 4 atom stereocenters. The lowest BCUT2D eigenvalue weighted by Crippen LogP contribution is -2.56. The van der Waals surface area contributed by atoms with Gasteiger partial charge in [-0.3, -0.25) is 9.80 Å². The highest BCUT2D eigenvalue weighted by molar-refractivity contribution is 4.90. The van der Waals surface area contributed by atoms with Crippen LogP contribution in [0.5, 0.6) is 0 Å². The van der Waals surface area contributed by atoms with Crippen molar-refractivity contribution >= 4 is 0 Å². The van der Waals surface area contributed by atoms with Crippen molar-refractivity contribution in [1.82, 2.24) is 9.80 Å². The smallest absolute Gasteiger partial charge is 0.0695 e. The van der Waals surface area contributed by atoms with Gasteiger partial charge < -0.3 is 5.11 Å². The van der Waals surface area contributed by atoms with Crippen LogP contribution in [-0.2, 0) is 0 Å². The van der Waals surface area contributed by atoms with Gasteiger partial charge in [-0.25, -0.2) is 0 Å². The number of rotatable bonds is 4. The fourth-order valence-corrected chi connectivity index (χ4v) is 3.93. The van der Waals surface area contributed by atoms with E-state index < -0.39 is 0 Å². The summed E-state index contributed by atoms with van der Waals surface area (Å²) in [6, 6.07) is 1.12. The van der Waals surface area contributed by atoms with Gasteiger partial charge in [-0.1, -0.05) is 20.8 Å². The maximum Gasteiger partial charge on any atom is 0.0695 e. The minimum absolute atomic E-state index is 0.0971. The van der Waals surface area contributed by atoms with Crippen LogP contribution < -0.4 is 0 Å². The van der Waals surface area contributed by atoms with Crippen molar-refractivity contribution in [3.63, 3.8) is 0 Å². The van der Waals surface area contributed by atoms with Gasteiger partial charge in [0.2, 0.25) is 0 Å². The maximum atomic E-state index is 10.4. The Bertz CT molecular complexity index is 287. The van der Waals surface area contributed by atoms with Gasteiger partial charge in [-0.2, -0.15) is 0 Å². The second-order valence-corrected chi connectivity index (χ2v) is 7.28. The van der Waals surface area contributed by atoms with Gasteiger partial charge in [-0.15, -0.1) is 0 Å². The third kappa shape index (κ3) is 3.75. The standard InChI is InChI=1S/C17H34N2O/c1-5-14(4)18-8-10-19(11-9-18)16-12-15(13(2)3)6-7-17(16)20/h13-17,20H,5-12H2,1-4H3. The van der Waals surface area contributed by atoms with Gasteiger partial charge in [0.05, 0.1) is 6.10 Å². The molecule has 2 fully saturated rings. The molecular formula is C17H34N2O. The Morgan fingerprint density at radius 1 is 1.05 bits per heavy atom. The zero-order valence-electron chi connectivity index (χ0n) is 13.9. The molecule has 118 valence electrons. The summed E-state index contributed by atoms with van der Waals surface area (Å²) in [5, 5.41) is 10.4. The van der Waals surface area contributed by atoms with Crippen molar-refractivity contribution in [3.8, 4) is 0 Å². The summed E-state index contributed by atoms with van der Waals surface area (Å²) in [4.78, 5) is 5.17. The minimum Gasteiger partial charge on any atom is -0.391 e. The van der Waals surface area contributed by atoms with Crippen LogP contribution in [0.25, 0.3) is 0 Å². The van der Waals surface area contributed by atoms with Crippen molar-refractivity contribution in [2.75, 3.05) is 26.2 Å². The first-order valence-corrected chi connectivity index (χ1v) is 8.69. The molecular weight excluding hydrogens is 248 g/mol. The highest BCUT2D eigenvalue weighted by Crippen LogP contribution is 2.33. The summed E-state index contributed by atoms with van der Waals surface area (Å²) in [6.07, 6.45) is 4.55. The Balaban J connectivity index is 1.88. The van der Waals surface area contributed by atoms with Crippen molar-refractivity contribution in [3.05, 3.63) is 0 Å². The molecule has 20 heavy (non-hydrogen) atoms. The van der Waals surface area contributed by atoms with Crippen LogP contribution >= 0.6 is 0 Å². The van der Waals surface area contributed by atoms with E-state index in [2.05, 4.69) is 37.5 Å². The molecule has 0 radical (unpaired) electrons. The van der Waals surface area contributed by atoms with E-state index in [-0.39, 0.29) is 6.10 Å². The Morgan fingerprint density at radius 2 is 1.70 bits per heavy atom. The van der Waals surface area contributed by atoms with Crippen LogP contribution in [0.15, 0.2) is 0 Å². The summed E-state index contributed by atoms with van der Waals surface area (Å²) in [7, 11) is 0. The fraction of sp³-hybridized carbons (Fsp3) is 1.00. The third-order valence-electron chi connectivity index (χ3n) is 5.80.